The lowest BCUT2D eigenvalue weighted by Crippen LogP contribution is -2.53. The van der Waals surface area contributed by atoms with Gasteiger partial charge in [0, 0.05) is 4.88 Å². The molecule has 2 N–H and O–H groups in total. The summed E-state index contributed by atoms with van der Waals surface area (Å²) in [6, 6.07) is 3.51. The molecule has 1 heterocycles. The van der Waals surface area contributed by atoms with Gasteiger partial charge in [0.25, 0.3) is 10.0 Å². The number of thiophene rings is 1. The number of aliphatic hydroxyl groups excluding tert-OH is 1. The Kier molecular flexibility index (Phi) is 4.89. The fourth-order valence-corrected chi connectivity index (χ4v) is 5.38. The van der Waals surface area contributed by atoms with Crippen molar-refractivity contribution in [2.75, 3.05) is 6.61 Å². The molecule has 1 aromatic heterocycles. The van der Waals surface area contributed by atoms with Crippen LogP contribution in [0.25, 0.3) is 0 Å². The number of hydrogen-bond acceptors (Lipinski definition) is 4. The Hall–Kier alpha value is -0.430. The number of sulfonamides is 1. The van der Waals surface area contributed by atoms with Crippen molar-refractivity contribution in [3.8, 4) is 0 Å². The van der Waals surface area contributed by atoms with Crippen LogP contribution in [0.2, 0.25) is 0 Å². The summed E-state index contributed by atoms with van der Waals surface area (Å²) in [6.07, 6.45) is 4.15. The van der Waals surface area contributed by atoms with Gasteiger partial charge in [-0.1, -0.05) is 13.8 Å². The molecule has 0 spiro atoms. The van der Waals surface area contributed by atoms with Gasteiger partial charge in [-0.15, -0.1) is 11.3 Å². The summed E-state index contributed by atoms with van der Waals surface area (Å²) in [6.45, 7) is 4.04. The Balaban J connectivity index is 2.17. The van der Waals surface area contributed by atoms with Crippen molar-refractivity contribution in [1.29, 1.82) is 0 Å². The Labute approximate surface area is 125 Å². The maximum atomic E-state index is 12.5. The first kappa shape index (κ1) is 15.9. The molecule has 0 atom stereocenters. The zero-order valence-corrected chi connectivity index (χ0v) is 13.7. The topological polar surface area (TPSA) is 66.4 Å². The predicted octanol–water partition coefficient (Wildman–Crippen LogP) is 2.53. The predicted molar refractivity (Wildman–Crippen MR) is 81.5 cm³/mol. The monoisotopic (exact) mass is 317 g/mol. The summed E-state index contributed by atoms with van der Waals surface area (Å²) in [5.41, 5.74) is -0.679. The summed E-state index contributed by atoms with van der Waals surface area (Å²) < 4.78 is 28.0. The number of aliphatic hydroxyl groups is 1. The van der Waals surface area contributed by atoms with Crippen molar-refractivity contribution < 1.29 is 13.5 Å². The van der Waals surface area contributed by atoms with Crippen LogP contribution >= 0.6 is 11.3 Å². The van der Waals surface area contributed by atoms with E-state index in [1.165, 1.54) is 11.3 Å². The Morgan fingerprint density at radius 3 is 2.55 bits per heavy atom. The smallest absolute Gasteiger partial charge is 0.250 e. The second kappa shape index (κ2) is 6.13. The van der Waals surface area contributed by atoms with Gasteiger partial charge in [0.15, 0.2) is 0 Å². The third-order valence-corrected chi connectivity index (χ3v) is 7.44. The van der Waals surface area contributed by atoms with E-state index in [9.17, 15) is 13.5 Å². The van der Waals surface area contributed by atoms with Crippen molar-refractivity contribution in [1.82, 2.24) is 4.72 Å². The molecule has 6 heteroatoms. The van der Waals surface area contributed by atoms with E-state index in [2.05, 4.69) is 11.6 Å². The Bertz CT molecular complexity index is 543. The van der Waals surface area contributed by atoms with Crippen LogP contribution < -0.4 is 4.72 Å². The second-order valence-electron chi connectivity index (χ2n) is 5.80. The second-order valence-corrected chi connectivity index (χ2v) is 8.88. The average molecular weight is 317 g/mol. The van der Waals surface area contributed by atoms with Crippen LogP contribution in [0.4, 0.5) is 0 Å². The van der Waals surface area contributed by atoms with Crippen LogP contribution in [0.1, 0.15) is 44.4 Å². The molecule has 1 aliphatic rings. The van der Waals surface area contributed by atoms with E-state index in [1.807, 2.05) is 13.0 Å². The van der Waals surface area contributed by atoms with Gasteiger partial charge in [0.2, 0.25) is 0 Å². The molecule has 4 nitrogen and oxygen atoms in total. The molecule has 1 aliphatic carbocycles. The largest absolute Gasteiger partial charge is 0.394 e. The molecule has 0 aromatic carbocycles. The highest BCUT2D eigenvalue weighted by molar-refractivity contribution is 7.91. The third-order valence-electron chi connectivity index (χ3n) is 4.14. The standard InChI is InChI=1S/C14H23NO3S2/c1-3-12-4-5-13(19-12)20(17,18)15-14(10-16)8-6-11(2)7-9-14/h4-5,11,15-16H,3,6-10H2,1-2H3. The van der Waals surface area contributed by atoms with E-state index in [-0.39, 0.29) is 6.61 Å². The maximum absolute atomic E-state index is 12.5. The molecule has 0 amide bonds. The van der Waals surface area contributed by atoms with Crippen molar-refractivity contribution in [2.45, 2.75) is 55.7 Å². The van der Waals surface area contributed by atoms with E-state index >= 15 is 0 Å². The zero-order chi connectivity index (χ0) is 14.8. The van der Waals surface area contributed by atoms with E-state index in [0.29, 0.717) is 23.0 Å². The van der Waals surface area contributed by atoms with Crippen molar-refractivity contribution in [3.05, 3.63) is 17.0 Å². The van der Waals surface area contributed by atoms with Crippen LogP contribution in [0.5, 0.6) is 0 Å². The first-order chi connectivity index (χ1) is 9.41. The summed E-state index contributed by atoms with van der Waals surface area (Å²) >= 11 is 1.31. The van der Waals surface area contributed by atoms with Crippen molar-refractivity contribution in [2.24, 2.45) is 5.92 Å². The first-order valence-electron chi connectivity index (χ1n) is 7.14. The van der Waals surface area contributed by atoms with Gasteiger partial charge in [-0.3, -0.25) is 0 Å². The molecule has 0 bridgehead atoms. The quantitative estimate of drug-likeness (QED) is 0.877. The van der Waals surface area contributed by atoms with E-state index < -0.39 is 15.6 Å². The van der Waals surface area contributed by atoms with Crippen molar-refractivity contribution in [3.63, 3.8) is 0 Å². The molecule has 0 radical (unpaired) electrons. The first-order valence-corrected chi connectivity index (χ1v) is 9.44. The van der Waals surface area contributed by atoms with E-state index in [0.717, 1.165) is 24.1 Å². The number of nitrogens with one attached hydrogen (secondary N) is 1. The van der Waals surface area contributed by atoms with Crippen LogP contribution in [-0.2, 0) is 16.4 Å². The Morgan fingerprint density at radius 2 is 2.05 bits per heavy atom. The van der Waals surface area contributed by atoms with Gasteiger partial charge in [0.1, 0.15) is 4.21 Å². The van der Waals surface area contributed by atoms with Gasteiger partial charge in [-0.25, -0.2) is 13.1 Å². The summed E-state index contributed by atoms with van der Waals surface area (Å²) in [4.78, 5) is 1.06. The van der Waals surface area contributed by atoms with E-state index in [4.69, 9.17) is 0 Å². The summed E-state index contributed by atoms with van der Waals surface area (Å²) in [5.74, 6) is 0.604. The SMILES string of the molecule is CCc1ccc(S(=O)(=O)NC2(CO)CCC(C)CC2)s1. The molecule has 0 saturated heterocycles. The number of rotatable bonds is 5. The highest BCUT2D eigenvalue weighted by Gasteiger charge is 2.38. The third kappa shape index (κ3) is 3.42. The summed E-state index contributed by atoms with van der Waals surface area (Å²) in [7, 11) is -3.53. The van der Waals surface area contributed by atoms with Gasteiger partial charge in [0.05, 0.1) is 12.1 Å². The zero-order valence-electron chi connectivity index (χ0n) is 12.1. The molecular formula is C14H23NO3S2. The molecule has 0 unspecified atom stereocenters. The van der Waals surface area contributed by atoms with Gasteiger partial charge in [-0.2, -0.15) is 0 Å². The van der Waals surface area contributed by atoms with Gasteiger partial charge >= 0.3 is 0 Å². The van der Waals surface area contributed by atoms with E-state index in [1.54, 1.807) is 6.07 Å². The fourth-order valence-electron chi connectivity index (χ4n) is 2.64. The minimum absolute atomic E-state index is 0.134. The minimum atomic E-state index is -3.53. The molecule has 1 fully saturated rings. The van der Waals surface area contributed by atoms with Gasteiger partial charge < -0.3 is 5.11 Å². The molecule has 2 rings (SSSR count). The number of aryl methyl sites for hydroxylation is 1. The fraction of sp³-hybridized carbons (Fsp3) is 0.714. The molecular weight excluding hydrogens is 294 g/mol. The van der Waals surface area contributed by atoms with Crippen LogP contribution in [-0.4, -0.2) is 25.7 Å². The molecule has 20 heavy (non-hydrogen) atoms. The normalized spacial score (nSPS) is 27.6. The van der Waals surface area contributed by atoms with Crippen LogP contribution in [0.3, 0.4) is 0 Å². The Morgan fingerprint density at radius 1 is 1.40 bits per heavy atom. The minimum Gasteiger partial charge on any atom is -0.394 e. The lowest BCUT2D eigenvalue weighted by molar-refractivity contribution is 0.125. The van der Waals surface area contributed by atoms with Crippen LogP contribution in [0.15, 0.2) is 16.3 Å². The lowest BCUT2D eigenvalue weighted by atomic mass is 9.78. The van der Waals surface area contributed by atoms with Crippen molar-refractivity contribution >= 4 is 21.4 Å². The lowest BCUT2D eigenvalue weighted by Gasteiger charge is -2.38. The average Bonchev–Trinajstić information content (AvgIpc) is 2.91. The molecule has 1 saturated carbocycles. The molecule has 0 aliphatic heterocycles. The van der Waals surface area contributed by atoms with Crippen LogP contribution in [0, 0.1) is 5.92 Å². The highest BCUT2D eigenvalue weighted by atomic mass is 32.2. The molecule has 1 aromatic rings. The number of hydrogen-bond donors (Lipinski definition) is 2. The highest BCUT2D eigenvalue weighted by Crippen LogP contribution is 2.33. The maximum Gasteiger partial charge on any atom is 0.250 e. The molecule has 114 valence electrons. The van der Waals surface area contributed by atoms with Gasteiger partial charge in [-0.05, 0) is 50.2 Å². The summed E-state index contributed by atoms with van der Waals surface area (Å²) in [5, 5.41) is 9.67.